The maximum atomic E-state index is 11.3. The van der Waals surface area contributed by atoms with Crippen molar-refractivity contribution in [3.63, 3.8) is 0 Å². The van der Waals surface area contributed by atoms with E-state index in [0.29, 0.717) is 6.79 Å². The molecular weight excluding hydrogens is 224 g/mol. The van der Waals surface area contributed by atoms with E-state index in [-0.39, 0.29) is 11.8 Å². The van der Waals surface area contributed by atoms with Gasteiger partial charge in [0.1, 0.15) is 12.1 Å². The van der Waals surface area contributed by atoms with E-state index in [1.54, 1.807) is 27.7 Å². The predicted octanol–water partition coefficient (Wildman–Crippen LogP) is 0.159. The first-order valence-corrected chi connectivity index (χ1v) is 5.51. The van der Waals surface area contributed by atoms with Gasteiger partial charge in [-0.3, -0.25) is 9.59 Å². The second kappa shape index (κ2) is 7.24. The van der Waals surface area contributed by atoms with E-state index in [0.717, 1.165) is 0 Å². The van der Waals surface area contributed by atoms with Gasteiger partial charge < -0.3 is 20.9 Å². The molecule has 0 rings (SSSR count). The molecule has 6 heteroatoms. The average Bonchev–Trinajstić information content (AvgIpc) is 2.26. The zero-order chi connectivity index (χ0) is 13.6. The molecule has 0 amide bonds. The lowest BCUT2D eigenvalue weighted by molar-refractivity contribution is -0.158. The maximum absolute atomic E-state index is 11.3. The van der Waals surface area contributed by atoms with Gasteiger partial charge in [0.25, 0.3) is 0 Å². The summed E-state index contributed by atoms with van der Waals surface area (Å²) in [6, 6.07) is -1.49. The number of ether oxygens (including phenoxy) is 2. The van der Waals surface area contributed by atoms with Gasteiger partial charge in [-0.2, -0.15) is 0 Å². The molecule has 0 bridgehead atoms. The fraction of sp³-hybridized carbons (Fsp3) is 0.727. The van der Waals surface area contributed by atoms with Crippen molar-refractivity contribution in [1.29, 1.82) is 0 Å². The monoisotopic (exact) mass is 245 g/mol. The minimum absolute atomic E-state index is 0.0514. The van der Waals surface area contributed by atoms with Crippen LogP contribution in [0.4, 0.5) is 0 Å². The van der Waals surface area contributed by atoms with Crippen molar-refractivity contribution in [1.82, 2.24) is 0 Å². The fourth-order valence-electron chi connectivity index (χ4n) is 0.820. The fourth-order valence-corrected chi connectivity index (χ4v) is 0.820. The Morgan fingerprint density at radius 3 is 1.41 bits per heavy atom. The summed E-state index contributed by atoms with van der Waals surface area (Å²) in [4.78, 5) is 22.5. The van der Waals surface area contributed by atoms with Gasteiger partial charge in [-0.1, -0.05) is 27.7 Å². The van der Waals surface area contributed by atoms with Gasteiger partial charge in [-0.05, 0) is 11.8 Å². The van der Waals surface area contributed by atoms with Crippen LogP contribution in [0.5, 0.6) is 0 Å². The average molecular weight is 245 g/mol. The van der Waals surface area contributed by atoms with Gasteiger partial charge in [-0.15, -0.1) is 0 Å². The summed E-state index contributed by atoms with van der Waals surface area (Å²) in [5, 5.41) is 0. The van der Waals surface area contributed by atoms with Gasteiger partial charge in [0, 0.05) is 0 Å². The van der Waals surface area contributed by atoms with Crippen LogP contribution in [0.2, 0.25) is 0 Å². The van der Waals surface area contributed by atoms with Crippen LogP contribution in [0.25, 0.3) is 0 Å². The number of hydrogen-bond donors (Lipinski definition) is 2. The minimum atomic E-state index is -0.747. The Morgan fingerprint density at radius 2 is 1.18 bits per heavy atom. The Kier molecular flexibility index (Phi) is 6.75. The molecule has 0 heterocycles. The molecule has 0 aromatic rings. The second-order valence-corrected chi connectivity index (χ2v) is 4.51. The molecular formula is C11H21N2O4. The lowest BCUT2D eigenvalue weighted by atomic mass is 10.1. The summed E-state index contributed by atoms with van der Waals surface area (Å²) in [5.41, 5.74) is 11.1. The van der Waals surface area contributed by atoms with E-state index in [9.17, 15) is 9.59 Å². The number of carbonyl (C=O) groups is 2. The SMILES string of the molecule is CC(C)[C@H](N)C(=O)O[CH]OC(=O)[C@@H](N)C(C)C. The molecule has 0 aromatic carbocycles. The zero-order valence-electron chi connectivity index (χ0n) is 10.7. The van der Waals surface area contributed by atoms with E-state index in [1.165, 1.54) is 0 Å². The quantitative estimate of drug-likeness (QED) is 0.646. The summed E-state index contributed by atoms with van der Waals surface area (Å²) < 4.78 is 9.16. The zero-order valence-corrected chi connectivity index (χ0v) is 10.7. The molecule has 2 atom stereocenters. The number of carbonyl (C=O) groups excluding carboxylic acids is 2. The van der Waals surface area contributed by atoms with Crippen LogP contribution in [0, 0.1) is 18.6 Å². The topological polar surface area (TPSA) is 105 Å². The van der Waals surface area contributed by atoms with Crippen molar-refractivity contribution < 1.29 is 19.1 Å². The number of rotatable bonds is 6. The molecule has 0 aliphatic rings. The molecule has 0 aliphatic heterocycles. The molecule has 6 nitrogen and oxygen atoms in total. The van der Waals surface area contributed by atoms with Crippen molar-refractivity contribution in [3.05, 3.63) is 6.79 Å². The molecule has 0 spiro atoms. The Balaban J connectivity index is 3.92. The molecule has 0 aromatic heterocycles. The summed E-state index contributed by atoms with van der Waals surface area (Å²) in [5.74, 6) is -1.40. The second-order valence-electron chi connectivity index (χ2n) is 4.51. The van der Waals surface area contributed by atoms with Crippen LogP contribution in [0.1, 0.15) is 27.7 Å². The minimum Gasteiger partial charge on any atom is -0.416 e. The Bertz CT molecular complexity index is 240. The van der Waals surface area contributed by atoms with Crippen LogP contribution in [0.15, 0.2) is 0 Å². The van der Waals surface area contributed by atoms with Crippen molar-refractivity contribution >= 4 is 11.9 Å². The van der Waals surface area contributed by atoms with Crippen molar-refractivity contribution in [2.75, 3.05) is 0 Å². The summed E-state index contributed by atoms with van der Waals surface area (Å²) in [6.07, 6.45) is 0. The van der Waals surface area contributed by atoms with Crippen LogP contribution in [-0.4, -0.2) is 24.0 Å². The van der Waals surface area contributed by atoms with Crippen LogP contribution < -0.4 is 11.5 Å². The molecule has 0 unspecified atom stereocenters. The van der Waals surface area contributed by atoms with E-state index in [2.05, 4.69) is 9.47 Å². The van der Waals surface area contributed by atoms with E-state index in [4.69, 9.17) is 11.5 Å². The number of esters is 2. The van der Waals surface area contributed by atoms with Crippen molar-refractivity contribution in [3.8, 4) is 0 Å². The molecule has 0 aliphatic carbocycles. The first kappa shape index (κ1) is 15.9. The third kappa shape index (κ3) is 5.65. The highest BCUT2D eigenvalue weighted by atomic mass is 16.7. The van der Waals surface area contributed by atoms with Gasteiger partial charge in [0.2, 0.25) is 0 Å². The third-order valence-electron chi connectivity index (χ3n) is 2.31. The van der Waals surface area contributed by atoms with Gasteiger partial charge in [0.05, 0.1) is 0 Å². The van der Waals surface area contributed by atoms with E-state index >= 15 is 0 Å². The highest BCUT2D eigenvalue weighted by Gasteiger charge is 2.22. The van der Waals surface area contributed by atoms with Crippen LogP contribution in [0.3, 0.4) is 0 Å². The Labute approximate surface area is 102 Å². The highest BCUT2D eigenvalue weighted by molar-refractivity contribution is 5.77. The van der Waals surface area contributed by atoms with Gasteiger partial charge in [0.15, 0.2) is 0 Å². The molecule has 17 heavy (non-hydrogen) atoms. The molecule has 1 radical (unpaired) electrons. The lowest BCUT2D eigenvalue weighted by Crippen LogP contribution is -2.38. The van der Waals surface area contributed by atoms with E-state index < -0.39 is 24.0 Å². The number of hydrogen-bond acceptors (Lipinski definition) is 6. The molecule has 4 N–H and O–H groups in total. The maximum Gasteiger partial charge on any atom is 0.326 e. The smallest absolute Gasteiger partial charge is 0.326 e. The first-order chi connectivity index (χ1) is 7.77. The number of nitrogens with two attached hydrogens (primary N) is 2. The molecule has 0 saturated heterocycles. The Hall–Kier alpha value is -1.14. The largest absolute Gasteiger partial charge is 0.416 e. The van der Waals surface area contributed by atoms with Crippen molar-refractivity contribution in [2.24, 2.45) is 23.3 Å². The lowest BCUT2D eigenvalue weighted by Gasteiger charge is -2.16. The summed E-state index contributed by atoms with van der Waals surface area (Å²) in [6.45, 7) is 7.81. The highest BCUT2D eigenvalue weighted by Crippen LogP contribution is 2.04. The van der Waals surface area contributed by atoms with Crippen LogP contribution >= 0.6 is 0 Å². The molecule has 99 valence electrons. The summed E-state index contributed by atoms with van der Waals surface area (Å²) in [7, 11) is 0. The standard InChI is InChI=1S/C11H21N2O4/c1-6(2)8(12)10(14)16-5-17-11(15)9(13)7(3)4/h5-9H,12-13H2,1-4H3/t8-,9-/m0/s1. The third-order valence-corrected chi connectivity index (χ3v) is 2.31. The predicted molar refractivity (Wildman–Crippen MR) is 62.1 cm³/mol. The Morgan fingerprint density at radius 1 is 0.882 bits per heavy atom. The molecule has 0 fully saturated rings. The first-order valence-electron chi connectivity index (χ1n) is 5.51. The molecule has 0 saturated carbocycles. The van der Waals surface area contributed by atoms with Crippen LogP contribution in [-0.2, 0) is 19.1 Å². The van der Waals surface area contributed by atoms with Gasteiger partial charge in [-0.25, -0.2) is 0 Å². The van der Waals surface area contributed by atoms with Gasteiger partial charge >= 0.3 is 18.7 Å². The van der Waals surface area contributed by atoms with Crippen molar-refractivity contribution in [2.45, 2.75) is 39.8 Å². The normalized spacial score (nSPS) is 14.6. The van der Waals surface area contributed by atoms with E-state index in [1.807, 2.05) is 0 Å². The summed E-state index contributed by atoms with van der Waals surface area (Å²) >= 11 is 0.